The molecular weight excluding hydrogens is 288 g/mol. The Bertz CT molecular complexity index is 535. The van der Waals surface area contributed by atoms with Crippen LogP contribution in [0.1, 0.15) is 0 Å². The molecule has 0 spiro atoms. The number of rotatable bonds is 3. The third-order valence-electron chi connectivity index (χ3n) is 1.81. The van der Waals surface area contributed by atoms with Gasteiger partial charge in [0.2, 0.25) is 17.7 Å². The zero-order valence-corrected chi connectivity index (χ0v) is 10.5. The van der Waals surface area contributed by atoms with Gasteiger partial charge in [0, 0.05) is 10.7 Å². The summed E-state index contributed by atoms with van der Waals surface area (Å²) in [5.41, 5.74) is 5.51. The lowest BCUT2D eigenvalue weighted by Crippen LogP contribution is -1.99. The molecule has 0 aliphatic carbocycles. The summed E-state index contributed by atoms with van der Waals surface area (Å²) in [5, 5.41) is 0. The van der Waals surface area contributed by atoms with E-state index in [0.717, 1.165) is 4.47 Å². The first-order chi connectivity index (χ1) is 8.17. The number of aromatic nitrogens is 3. The fourth-order valence-corrected chi connectivity index (χ4v) is 1.49. The summed E-state index contributed by atoms with van der Waals surface area (Å²) in [6, 6.07) is 3.30. The van der Waals surface area contributed by atoms with E-state index in [0.29, 0.717) is 17.5 Å². The normalized spacial score (nSPS) is 10.0. The van der Waals surface area contributed by atoms with Crippen molar-refractivity contribution in [2.45, 2.75) is 0 Å². The molecule has 0 aliphatic rings. The average molecular weight is 297 g/mol. The van der Waals surface area contributed by atoms with Gasteiger partial charge in [-0.1, -0.05) is 0 Å². The van der Waals surface area contributed by atoms with Crippen LogP contribution in [0.5, 0.6) is 17.5 Å². The highest BCUT2D eigenvalue weighted by atomic mass is 79.9. The molecule has 0 aliphatic heterocycles. The molecule has 0 aromatic carbocycles. The van der Waals surface area contributed by atoms with E-state index in [4.69, 9.17) is 15.2 Å². The number of nitrogen functional groups attached to an aromatic ring is 1. The van der Waals surface area contributed by atoms with Crippen molar-refractivity contribution < 1.29 is 9.47 Å². The summed E-state index contributed by atoms with van der Waals surface area (Å²) in [7, 11) is 1.49. The van der Waals surface area contributed by atoms with Crippen molar-refractivity contribution in [3.8, 4) is 17.5 Å². The maximum Gasteiger partial charge on any atom is 0.227 e. The van der Waals surface area contributed by atoms with Crippen molar-refractivity contribution in [1.29, 1.82) is 0 Å². The Morgan fingerprint density at radius 1 is 1.18 bits per heavy atom. The van der Waals surface area contributed by atoms with Gasteiger partial charge in [-0.05, 0) is 22.0 Å². The lowest BCUT2D eigenvalue weighted by Gasteiger charge is -2.06. The molecule has 0 radical (unpaired) electrons. The zero-order chi connectivity index (χ0) is 12.3. The highest BCUT2D eigenvalue weighted by molar-refractivity contribution is 9.10. The standard InChI is InChI=1S/C10H9BrN4O2/c1-16-8-3-9(15-10(12)14-8)17-7-2-6(11)4-13-5-7/h2-5H,1H3,(H2,12,14,15). The van der Waals surface area contributed by atoms with Crippen molar-refractivity contribution >= 4 is 21.9 Å². The van der Waals surface area contributed by atoms with E-state index in [1.165, 1.54) is 13.2 Å². The Hall–Kier alpha value is -1.89. The molecule has 0 amide bonds. The van der Waals surface area contributed by atoms with Crippen LogP contribution in [0.15, 0.2) is 29.0 Å². The van der Waals surface area contributed by atoms with Gasteiger partial charge in [-0.3, -0.25) is 4.98 Å². The monoisotopic (exact) mass is 296 g/mol. The molecule has 0 atom stereocenters. The predicted molar refractivity (Wildman–Crippen MR) is 65.0 cm³/mol. The molecule has 2 aromatic rings. The number of anilines is 1. The molecule has 0 bridgehead atoms. The summed E-state index contributed by atoms with van der Waals surface area (Å²) in [4.78, 5) is 11.7. The van der Waals surface area contributed by atoms with Crippen LogP contribution >= 0.6 is 15.9 Å². The quantitative estimate of drug-likeness (QED) is 0.933. The summed E-state index contributed by atoms with van der Waals surface area (Å²) in [6.45, 7) is 0. The third kappa shape index (κ3) is 3.04. The third-order valence-corrected chi connectivity index (χ3v) is 2.24. The summed E-state index contributed by atoms with van der Waals surface area (Å²) >= 11 is 3.29. The molecule has 7 heteroatoms. The van der Waals surface area contributed by atoms with Crippen LogP contribution in [-0.4, -0.2) is 22.1 Å². The van der Waals surface area contributed by atoms with Gasteiger partial charge in [-0.25, -0.2) is 0 Å². The first-order valence-corrected chi connectivity index (χ1v) is 5.43. The molecule has 2 N–H and O–H groups in total. The van der Waals surface area contributed by atoms with Gasteiger partial charge in [-0.2, -0.15) is 9.97 Å². The number of hydrogen-bond donors (Lipinski definition) is 1. The van der Waals surface area contributed by atoms with Crippen molar-refractivity contribution in [3.63, 3.8) is 0 Å². The van der Waals surface area contributed by atoms with Crippen LogP contribution in [0.2, 0.25) is 0 Å². The van der Waals surface area contributed by atoms with E-state index < -0.39 is 0 Å². The number of nitrogens with zero attached hydrogens (tertiary/aromatic N) is 3. The van der Waals surface area contributed by atoms with E-state index in [1.54, 1.807) is 18.5 Å². The zero-order valence-electron chi connectivity index (χ0n) is 8.92. The lowest BCUT2D eigenvalue weighted by atomic mass is 10.4. The molecule has 88 valence electrons. The minimum atomic E-state index is 0.0855. The molecule has 6 nitrogen and oxygen atoms in total. The minimum Gasteiger partial charge on any atom is -0.481 e. The van der Waals surface area contributed by atoms with Crippen molar-refractivity contribution in [3.05, 3.63) is 29.0 Å². The molecular formula is C10H9BrN4O2. The van der Waals surface area contributed by atoms with Gasteiger partial charge >= 0.3 is 0 Å². The van der Waals surface area contributed by atoms with Crippen LogP contribution in [-0.2, 0) is 0 Å². The predicted octanol–water partition coefficient (Wildman–Crippen LogP) is 2.02. The van der Waals surface area contributed by atoms with Crippen LogP contribution in [0, 0.1) is 0 Å². The fourth-order valence-electron chi connectivity index (χ4n) is 1.15. The van der Waals surface area contributed by atoms with Crippen molar-refractivity contribution in [2.75, 3.05) is 12.8 Å². The SMILES string of the molecule is COc1cc(Oc2cncc(Br)c2)nc(N)n1. The Labute approximate surface area is 106 Å². The van der Waals surface area contributed by atoms with Crippen molar-refractivity contribution in [1.82, 2.24) is 15.0 Å². The topological polar surface area (TPSA) is 83.2 Å². The van der Waals surface area contributed by atoms with Gasteiger partial charge in [0.05, 0.1) is 19.4 Å². The minimum absolute atomic E-state index is 0.0855. The van der Waals surface area contributed by atoms with E-state index >= 15 is 0 Å². The number of halogens is 1. The number of ether oxygens (including phenoxy) is 2. The first kappa shape index (κ1) is 11.6. The van der Waals surface area contributed by atoms with E-state index in [1.807, 2.05) is 0 Å². The highest BCUT2D eigenvalue weighted by Crippen LogP contribution is 2.24. The summed E-state index contributed by atoms with van der Waals surface area (Å²) < 4.78 is 11.2. The van der Waals surface area contributed by atoms with Gasteiger partial charge in [0.15, 0.2) is 0 Å². The number of pyridine rings is 1. The van der Waals surface area contributed by atoms with Crippen LogP contribution < -0.4 is 15.2 Å². The Kier molecular flexibility index (Phi) is 3.38. The molecule has 2 aromatic heterocycles. The van der Waals surface area contributed by atoms with Crippen LogP contribution in [0.25, 0.3) is 0 Å². The summed E-state index contributed by atoms with van der Waals surface area (Å²) in [6.07, 6.45) is 3.22. The second-order valence-corrected chi connectivity index (χ2v) is 3.96. The molecule has 0 saturated carbocycles. The molecule has 2 heterocycles. The lowest BCUT2D eigenvalue weighted by molar-refractivity contribution is 0.389. The highest BCUT2D eigenvalue weighted by Gasteiger charge is 2.05. The molecule has 17 heavy (non-hydrogen) atoms. The Morgan fingerprint density at radius 3 is 2.65 bits per heavy atom. The van der Waals surface area contributed by atoms with Gasteiger partial charge in [0.25, 0.3) is 0 Å². The molecule has 0 saturated heterocycles. The number of nitrogens with two attached hydrogens (primary N) is 1. The molecule has 0 unspecified atom stereocenters. The Morgan fingerprint density at radius 2 is 1.94 bits per heavy atom. The number of methoxy groups -OCH3 is 1. The van der Waals surface area contributed by atoms with Gasteiger partial charge < -0.3 is 15.2 Å². The first-order valence-electron chi connectivity index (χ1n) is 4.64. The maximum absolute atomic E-state index is 5.51. The smallest absolute Gasteiger partial charge is 0.227 e. The number of hydrogen-bond acceptors (Lipinski definition) is 6. The fraction of sp³-hybridized carbons (Fsp3) is 0.100. The van der Waals surface area contributed by atoms with E-state index in [-0.39, 0.29) is 5.95 Å². The van der Waals surface area contributed by atoms with E-state index in [9.17, 15) is 0 Å². The van der Waals surface area contributed by atoms with E-state index in [2.05, 4.69) is 30.9 Å². The van der Waals surface area contributed by atoms with Crippen LogP contribution in [0.3, 0.4) is 0 Å². The maximum atomic E-state index is 5.51. The Balaban J connectivity index is 2.26. The molecule has 0 fully saturated rings. The second-order valence-electron chi connectivity index (χ2n) is 3.05. The van der Waals surface area contributed by atoms with Gasteiger partial charge in [-0.15, -0.1) is 0 Å². The summed E-state index contributed by atoms with van der Waals surface area (Å²) in [5.74, 6) is 1.27. The largest absolute Gasteiger partial charge is 0.481 e. The van der Waals surface area contributed by atoms with Crippen molar-refractivity contribution in [2.24, 2.45) is 0 Å². The van der Waals surface area contributed by atoms with Gasteiger partial charge in [0.1, 0.15) is 5.75 Å². The second kappa shape index (κ2) is 4.96. The molecule has 2 rings (SSSR count). The van der Waals surface area contributed by atoms with Crippen LogP contribution in [0.4, 0.5) is 5.95 Å². The average Bonchev–Trinajstić information content (AvgIpc) is 2.28.